The quantitative estimate of drug-likeness (QED) is 0.671. The first-order valence-corrected chi connectivity index (χ1v) is 8.64. The van der Waals surface area contributed by atoms with Gasteiger partial charge in [-0.15, -0.1) is 0 Å². The Labute approximate surface area is 155 Å². The van der Waals surface area contributed by atoms with E-state index in [2.05, 4.69) is 75.9 Å². The van der Waals surface area contributed by atoms with Crippen LogP contribution >= 0.6 is 0 Å². The summed E-state index contributed by atoms with van der Waals surface area (Å²) in [6.07, 6.45) is 2.40. The molecule has 134 valence electrons. The van der Waals surface area contributed by atoms with Gasteiger partial charge in [-0.1, -0.05) is 60.7 Å². The third-order valence-electron chi connectivity index (χ3n) is 4.97. The van der Waals surface area contributed by atoms with Crippen molar-refractivity contribution in [2.24, 2.45) is 0 Å². The average molecular weight is 360 g/mol. The molecule has 25 heavy (non-hydrogen) atoms. The minimum Gasteiger partial charge on any atom is -1.00 e. The fourth-order valence-electron chi connectivity index (χ4n) is 3.84. The Hall–Kier alpha value is -2.04. The van der Waals surface area contributed by atoms with Crippen LogP contribution in [-0.2, 0) is 0 Å². The highest BCUT2D eigenvalue weighted by Crippen LogP contribution is 2.30. The number of hydrogen-bond acceptors (Lipinski definition) is 2. The van der Waals surface area contributed by atoms with E-state index >= 15 is 0 Å². The Morgan fingerprint density at radius 2 is 1.48 bits per heavy atom. The molecule has 4 N–H and O–H groups in total. The number of halogens is 1. The van der Waals surface area contributed by atoms with Gasteiger partial charge in [0.05, 0.1) is 25.7 Å². The van der Waals surface area contributed by atoms with Crippen molar-refractivity contribution in [3.63, 3.8) is 0 Å². The standard InChI is InChI=1S/C20H23N3.ClH.H2O/c1-3-8-16(9-4-1)19(17-10-5-2-6-11-17)18-12-15-23-14-7-13-21-20(23)22-18;;/h1-6,8-11,18-19H,7,12-15H2,(H,21,22);1H;1H2/t18-;;/m0../s1. The summed E-state index contributed by atoms with van der Waals surface area (Å²) in [5.41, 5.74) is 2.78. The fraction of sp³-hybridized carbons (Fsp3) is 0.350. The zero-order valence-corrected chi connectivity index (χ0v) is 15.0. The molecule has 0 bridgehead atoms. The van der Waals surface area contributed by atoms with E-state index in [4.69, 9.17) is 0 Å². The zero-order valence-electron chi connectivity index (χ0n) is 14.3. The first-order chi connectivity index (χ1) is 11.4. The van der Waals surface area contributed by atoms with Gasteiger partial charge in [0.25, 0.3) is 0 Å². The molecule has 2 aliphatic heterocycles. The Morgan fingerprint density at radius 1 is 0.880 bits per heavy atom. The molecule has 2 aromatic carbocycles. The lowest BCUT2D eigenvalue weighted by molar-refractivity contribution is -0.541. The highest BCUT2D eigenvalue weighted by Gasteiger charge is 2.34. The van der Waals surface area contributed by atoms with E-state index in [0.29, 0.717) is 12.0 Å². The Bertz CT molecular complexity index is 651. The summed E-state index contributed by atoms with van der Waals surface area (Å²) in [7, 11) is 0. The van der Waals surface area contributed by atoms with Crippen molar-refractivity contribution >= 4 is 5.96 Å². The molecule has 0 aliphatic carbocycles. The van der Waals surface area contributed by atoms with Gasteiger partial charge in [-0.3, -0.25) is 15.2 Å². The predicted octanol–water partition coefficient (Wildman–Crippen LogP) is -1.28. The molecule has 0 fully saturated rings. The first kappa shape index (κ1) is 19.3. The zero-order chi connectivity index (χ0) is 15.5. The van der Waals surface area contributed by atoms with E-state index in [1.807, 2.05) is 0 Å². The van der Waals surface area contributed by atoms with Gasteiger partial charge in [0, 0.05) is 18.8 Å². The van der Waals surface area contributed by atoms with Crippen LogP contribution in [0.15, 0.2) is 60.7 Å². The topological polar surface area (TPSA) is 58.6 Å². The van der Waals surface area contributed by atoms with Crippen molar-refractivity contribution in [2.75, 3.05) is 19.6 Å². The van der Waals surface area contributed by atoms with Gasteiger partial charge in [-0.25, -0.2) is 0 Å². The van der Waals surface area contributed by atoms with Gasteiger partial charge < -0.3 is 17.9 Å². The number of benzene rings is 2. The molecule has 2 heterocycles. The average Bonchev–Trinajstić information content (AvgIpc) is 2.64. The molecule has 0 unspecified atom stereocenters. The van der Waals surface area contributed by atoms with E-state index in [0.717, 1.165) is 13.1 Å². The normalized spacial score (nSPS) is 19.0. The molecule has 1 atom stereocenters. The summed E-state index contributed by atoms with van der Waals surface area (Å²) in [4.78, 5) is 0. The highest BCUT2D eigenvalue weighted by atomic mass is 35.5. The third-order valence-corrected chi connectivity index (χ3v) is 4.97. The second-order valence-corrected chi connectivity index (χ2v) is 6.45. The number of guanidine groups is 1. The van der Waals surface area contributed by atoms with Crippen molar-refractivity contribution < 1.29 is 22.5 Å². The Balaban J connectivity index is 0.00000113. The molecular weight excluding hydrogens is 334 g/mol. The van der Waals surface area contributed by atoms with Crippen LogP contribution < -0.4 is 23.0 Å². The van der Waals surface area contributed by atoms with Crippen molar-refractivity contribution in [3.8, 4) is 0 Å². The lowest BCUT2D eigenvalue weighted by Gasteiger charge is -2.33. The molecule has 0 amide bonds. The Morgan fingerprint density at radius 3 is 2.08 bits per heavy atom. The number of nitrogens with one attached hydrogen (secondary N) is 2. The smallest absolute Gasteiger partial charge is 0.346 e. The minimum absolute atomic E-state index is 0. The van der Waals surface area contributed by atoms with Gasteiger partial charge in [0.15, 0.2) is 0 Å². The fourth-order valence-corrected chi connectivity index (χ4v) is 3.84. The summed E-state index contributed by atoms with van der Waals surface area (Å²) in [5, 5.41) is 7.32. The molecule has 0 spiro atoms. The van der Waals surface area contributed by atoms with Crippen LogP contribution in [-0.4, -0.2) is 41.7 Å². The second-order valence-electron chi connectivity index (χ2n) is 6.45. The van der Waals surface area contributed by atoms with Gasteiger partial charge in [0.2, 0.25) is 0 Å². The molecule has 0 aromatic heterocycles. The third kappa shape index (κ3) is 4.14. The molecule has 2 aliphatic rings. The van der Waals surface area contributed by atoms with Crippen LogP contribution in [0.2, 0.25) is 0 Å². The van der Waals surface area contributed by atoms with Crippen LogP contribution in [0, 0.1) is 0 Å². The Kier molecular flexibility index (Phi) is 6.85. The van der Waals surface area contributed by atoms with E-state index in [-0.39, 0.29) is 17.9 Å². The minimum atomic E-state index is 0. The molecule has 0 saturated heterocycles. The lowest BCUT2D eigenvalue weighted by Crippen LogP contribution is -3.00. The van der Waals surface area contributed by atoms with E-state index in [9.17, 15) is 0 Å². The predicted molar refractivity (Wildman–Crippen MR) is 97.5 cm³/mol. The molecule has 2 aromatic rings. The van der Waals surface area contributed by atoms with Gasteiger partial charge in [-0.2, -0.15) is 0 Å². The number of hydrogen-bond donors (Lipinski definition) is 2. The van der Waals surface area contributed by atoms with Crippen LogP contribution in [0.1, 0.15) is 29.9 Å². The van der Waals surface area contributed by atoms with Crippen molar-refractivity contribution in [1.29, 1.82) is 0 Å². The number of rotatable bonds is 3. The second kappa shape index (κ2) is 8.88. The monoisotopic (exact) mass is 359 g/mol. The maximum Gasteiger partial charge on any atom is 0.346 e. The highest BCUT2D eigenvalue weighted by molar-refractivity contribution is 5.76. The van der Waals surface area contributed by atoms with E-state index in [1.54, 1.807) is 0 Å². The summed E-state index contributed by atoms with van der Waals surface area (Å²) in [6, 6.07) is 22.2. The summed E-state index contributed by atoms with van der Waals surface area (Å²) in [6.45, 7) is 3.38. The lowest BCUT2D eigenvalue weighted by atomic mass is 9.83. The van der Waals surface area contributed by atoms with Gasteiger partial charge in [-0.05, 0) is 11.1 Å². The van der Waals surface area contributed by atoms with Crippen LogP contribution in [0.25, 0.3) is 0 Å². The summed E-state index contributed by atoms with van der Waals surface area (Å²) in [5.74, 6) is 1.61. The van der Waals surface area contributed by atoms with E-state index < -0.39 is 0 Å². The first-order valence-electron chi connectivity index (χ1n) is 8.64. The molecule has 0 radical (unpaired) electrons. The molecule has 5 heteroatoms. The SMILES string of the molecule is O.[Cl-].c1ccc(C(c2ccccc2)[C@@H]2CC[N+]3=C(NCCC3)N2)cc1. The molecule has 4 rings (SSSR count). The van der Waals surface area contributed by atoms with Crippen molar-refractivity contribution in [1.82, 2.24) is 10.6 Å². The van der Waals surface area contributed by atoms with Crippen LogP contribution in [0.5, 0.6) is 0 Å². The van der Waals surface area contributed by atoms with Gasteiger partial charge in [0.1, 0.15) is 0 Å². The molecule has 4 nitrogen and oxygen atoms in total. The van der Waals surface area contributed by atoms with Crippen molar-refractivity contribution in [3.05, 3.63) is 71.8 Å². The molecular formula is C20H26ClN3O. The summed E-state index contributed by atoms with van der Waals surface area (Å²) >= 11 is 0. The van der Waals surface area contributed by atoms with Crippen LogP contribution in [0.3, 0.4) is 0 Å². The van der Waals surface area contributed by atoms with Crippen LogP contribution in [0.4, 0.5) is 0 Å². The largest absolute Gasteiger partial charge is 1.00 e. The number of nitrogens with zero attached hydrogens (tertiary/aromatic N) is 1. The maximum atomic E-state index is 3.78. The van der Waals surface area contributed by atoms with Crippen molar-refractivity contribution in [2.45, 2.75) is 24.8 Å². The molecule has 0 saturated carbocycles. The van der Waals surface area contributed by atoms with E-state index in [1.165, 1.54) is 36.5 Å². The maximum absolute atomic E-state index is 3.78. The van der Waals surface area contributed by atoms with Gasteiger partial charge >= 0.3 is 5.96 Å². The summed E-state index contributed by atoms with van der Waals surface area (Å²) < 4.78 is 2.45.